The summed E-state index contributed by atoms with van der Waals surface area (Å²) in [4.78, 5) is 24.3. The molecule has 0 spiro atoms. The van der Waals surface area contributed by atoms with E-state index in [1.807, 2.05) is 0 Å². The summed E-state index contributed by atoms with van der Waals surface area (Å²) in [5, 5.41) is 18.3. The van der Waals surface area contributed by atoms with Crippen molar-refractivity contribution in [2.75, 3.05) is 19.8 Å². The molecule has 6 atom stereocenters. The average Bonchev–Trinajstić information content (AvgIpc) is 2.55. The third-order valence-corrected chi connectivity index (χ3v) is 4.19. The van der Waals surface area contributed by atoms with Gasteiger partial charge in [0.15, 0.2) is 12.3 Å². The zero-order valence-electron chi connectivity index (χ0n) is 12.6. The Hall–Kier alpha value is -1.44. The van der Waals surface area contributed by atoms with Crippen molar-refractivity contribution in [1.82, 2.24) is 0 Å². The highest BCUT2D eigenvalue weighted by molar-refractivity contribution is 7.32. The molecule has 0 aromatic rings. The number of nitrogens with zero attached hydrogens (tertiary/aromatic N) is 1. The Morgan fingerprint density at radius 2 is 2.33 bits per heavy atom. The number of hydrogen-bond donors (Lipinski definition) is 4. The Morgan fingerprint density at radius 3 is 2.92 bits per heavy atom. The Morgan fingerprint density at radius 1 is 1.58 bits per heavy atom. The highest BCUT2D eigenvalue weighted by Gasteiger charge is 2.58. The van der Waals surface area contributed by atoms with Crippen LogP contribution in [0.4, 0.5) is 0 Å². The van der Waals surface area contributed by atoms with Crippen molar-refractivity contribution in [3.05, 3.63) is 0 Å². The molecule has 3 rings (SSSR count). The van der Waals surface area contributed by atoms with Crippen LogP contribution in [0, 0.1) is 17.8 Å². The number of rotatable bonds is 6. The molecular weight excluding hydrogens is 343 g/mol. The van der Waals surface area contributed by atoms with Crippen LogP contribution in [0.25, 0.3) is 0 Å². The number of ether oxygens (including phenoxy) is 2. The predicted molar refractivity (Wildman–Crippen MR) is 79.8 cm³/mol. The lowest BCUT2D eigenvalue weighted by atomic mass is 9.87. The van der Waals surface area contributed by atoms with Gasteiger partial charge in [-0.25, -0.2) is 0 Å². The van der Waals surface area contributed by atoms with Gasteiger partial charge in [-0.05, 0) is 0 Å². The fourth-order valence-electron chi connectivity index (χ4n) is 2.53. The smallest absolute Gasteiger partial charge is 0.393 e. The van der Waals surface area contributed by atoms with Gasteiger partial charge in [-0.2, -0.15) is 0 Å². The number of aliphatic hydroxyl groups is 2. The molecule has 11 heteroatoms. The minimum absolute atomic E-state index is 0.0163. The molecule has 0 aromatic carbocycles. The molecular formula is C13H18N2O8P+. The largest absolute Gasteiger partial charge is 0.695 e. The molecule has 3 heterocycles. The summed E-state index contributed by atoms with van der Waals surface area (Å²) in [7, 11) is -2.86. The highest BCUT2D eigenvalue weighted by Crippen LogP contribution is 2.42. The van der Waals surface area contributed by atoms with Gasteiger partial charge in [0.2, 0.25) is 5.91 Å². The summed E-state index contributed by atoms with van der Waals surface area (Å²) in [5.41, 5.74) is 3.88. The Kier molecular flexibility index (Phi) is 6.37. The van der Waals surface area contributed by atoms with Gasteiger partial charge in [-0.15, -0.1) is 9.42 Å². The van der Waals surface area contributed by atoms with Gasteiger partial charge < -0.3 is 25.4 Å². The minimum atomic E-state index is -2.86. The van der Waals surface area contributed by atoms with Crippen LogP contribution < -0.4 is 5.73 Å². The number of carbonyl (C=O) groups excluding carboxylic acids is 1. The molecule has 0 aromatic heterocycles. The lowest BCUT2D eigenvalue weighted by molar-refractivity contribution is -0.309. The average molecular weight is 361 g/mol. The summed E-state index contributed by atoms with van der Waals surface area (Å²) >= 11 is 0. The maximum absolute atomic E-state index is 11.3. The second-order valence-electron chi connectivity index (χ2n) is 5.31. The highest BCUT2D eigenvalue weighted by atomic mass is 31.1. The molecule has 0 radical (unpaired) electrons. The monoisotopic (exact) mass is 361 g/mol. The number of nitrogens with two attached hydrogens (primary N) is 1. The normalized spacial score (nSPS) is 33.8. The third kappa shape index (κ3) is 4.15. The van der Waals surface area contributed by atoms with E-state index in [1.54, 1.807) is 0 Å². The quantitative estimate of drug-likeness (QED) is 0.241. The first-order chi connectivity index (χ1) is 11.4. The maximum atomic E-state index is 11.3. The molecule has 2 bridgehead atoms. The van der Waals surface area contributed by atoms with Crippen molar-refractivity contribution >= 4 is 20.4 Å². The van der Waals surface area contributed by atoms with E-state index in [0.717, 1.165) is 0 Å². The first kappa shape index (κ1) is 18.9. The molecule has 10 nitrogen and oxygen atoms in total. The van der Waals surface area contributed by atoms with Crippen molar-refractivity contribution in [1.29, 1.82) is 0 Å². The zero-order chi connectivity index (χ0) is 17.7. The van der Waals surface area contributed by atoms with Crippen molar-refractivity contribution in [2.24, 2.45) is 16.6 Å². The summed E-state index contributed by atoms with van der Waals surface area (Å²) in [5.74, 6) is 3.02. The number of primary amides is 1. The molecule has 3 fully saturated rings. The van der Waals surface area contributed by atoms with Crippen LogP contribution in [0.2, 0.25) is 0 Å². The van der Waals surface area contributed by atoms with E-state index in [2.05, 4.69) is 16.8 Å². The van der Waals surface area contributed by atoms with Crippen LogP contribution in [0.3, 0.4) is 0 Å². The van der Waals surface area contributed by atoms with Crippen LogP contribution in [0.15, 0.2) is 4.99 Å². The fraction of sp³-hybridized carbons (Fsp3) is 0.692. The van der Waals surface area contributed by atoms with Crippen LogP contribution in [0.5, 0.6) is 0 Å². The molecule has 6 unspecified atom stereocenters. The summed E-state index contributed by atoms with van der Waals surface area (Å²) < 4.78 is 27.0. The van der Waals surface area contributed by atoms with Crippen LogP contribution in [0.1, 0.15) is 6.42 Å². The van der Waals surface area contributed by atoms with Crippen molar-refractivity contribution in [3.8, 4) is 11.8 Å². The second kappa shape index (κ2) is 8.09. The molecule has 3 aliphatic heterocycles. The predicted octanol–water partition coefficient (Wildman–Crippen LogP) is -1.93. The van der Waals surface area contributed by atoms with E-state index < -0.39 is 57.3 Å². The molecule has 24 heavy (non-hydrogen) atoms. The lowest BCUT2D eigenvalue weighted by Crippen LogP contribution is -2.66. The standard InChI is InChI=1S/C13H17N2O8P/c14-11(18)8(2-1-3-16)5-15-12-9-4-10(23-24(19)20)13(6-17,22-12)7-21-9/h5,8-10,12,16-17H,3-4,6-7H2,(H2-,14,18,19,20)/p+1. The van der Waals surface area contributed by atoms with Gasteiger partial charge >= 0.3 is 8.25 Å². The van der Waals surface area contributed by atoms with Crippen molar-refractivity contribution in [3.63, 3.8) is 0 Å². The van der Waals surface area contributed by atoms with Crippen molar-refractivity contribution < 1.29 is 38.5 Å². The van der Waals surface area contributed by atoms with Crippen LogP contribution in [-0.2, 0) is 23.4 Å². The minimum Gasteiger partial charge on any atom is -0.393 e. The molecule has 0 aliphatic carbocycles. The molecule has 0 saturated carbocycles. The Bertz CT molecular complexity index is 588. The molecule has 3 aliphatic rings. The van der Waals surface area contributed by atoms with E-state index in [1.165, 1.54) is 6.21 Å². The van der Waals surface area contributed by atoms with Gasteiger partial charge in [0.05, 0.1) is 13.2 Å². The molecule has 3 saturated heterocycles. The van der Waals surface area contributed by atoms with E-state index >= 15 is 0 Å². The van der Waals surface area contributed by atoms with Gasteiger partial charge in [0.25, 0.3) is 0 Å². The molecule has 5 N–H and O–H groups in total. The topological polar surface area (TPSA) is 161 Å². The number of aliphatic hydroxyl groups excluding tert-OH is 2. The number of fused-ring (bicyclic) bond motifs is 3. The zero-order valence-corrected chi connectivity index (χ0v) is 13.5. The fourth-order valence-corrected chi connectivity index (χ4v) is 3.02. The number of aliphatic imine (C=N–C) groups is 1. The van der Waals surface area contributed by atoms with Gasteiger partial charge in [0, 0.05) is 17.2 Å². The van der Waals surface area contributed by atoms with Gasteiger partial charge in [-0.3, -0.25) is 9.79 Å². The summed E-state index contributed by atoms with van der Waals surface area (Å²) in [6.45, 7) is -0.935. The van der Waals surface area contributed by atoms with Gasteiger partial charge in [-0.1, -0.05) is 11.8 Å². The van der Waals surface area contributed by atoms with E-state index in [4.69, 9.17) is 29.7 Å². The summed E-state index contributed by atoms with van der Waals surface area (Å²) in [6.07, 6.45) is -0.863. The number of hydrogen-bond acceptors (Lipinski definition) is 8. The Labute approximate surface area is 138 Å². The number of amides is 1. The van der Waals surface area contributed by atoms with E-state index in [-0.39, 0.29) is 13.0 Å². The van der Waals surface area contributed by atoms with E-state index in [9.17, 15) is 14.5 Å². The lowest BCUT2D eigenvalue weighted by Gasteiger charge is -2.50. The molecule has 1 amide bonds. The Balaban J connectivity index is 2.12. The number of carbonyl (C=O) groups is 1. The first-order valence-electron chi connectivity index (χ1n) is 7.07. The van der Waals surface area contributed by atoms with Crippen LogP contribution >= 0.6 is 8.25 Å². The second-order valence-corrected chi connectivity index (χ2v) is 5.99. The van der Waals surface area contributed by atoms with Gasteiger partial charge in [0.1, 0.15) is 24.2 Å². The van der Waals surface area contributed by atoms with Crippen molar-refractivity contribution in [2.45, 2.75) is 30.5 Å². The summed E-state index contributed by atoms with van der Waals surface area (Å²) in [6, 6.07) is 0. The first-order valence-corrected chi connectivity index (χ1v) is 8.20. The third-order valence-electron chi connectivity index (χ3n) is 3.76. The van der Waals surface area contributed by atoms with Crippen LogP contribution in [-0.4, -0.2) is 71.1 Å². The maximum Gasteiger partial charge on any atom is 0.695 e. The van der Waals surface area contributed by atoms with E-state index in [0.29, 0.717) is 0 Å². The SMILES string of the molecule is NC(=O)C(C#CCO)C=NC1OC2(CO)COC1CC2O[P+](=O)O. The molecule has 132 valence electrons.